The minimum absolute atomic E-state index is 0.594. The Morgan fingerprint density at radius 1 is 1.29 bits per heavy atom. The molecule has 1 saturated heterocycles. The summed E-state index contributed by atoms with van der Waals surface area (Å²) in [5.74, 6) is 0.620. The molecule has 0 aromatic carbocycles. The van der Waals surface area contributed by atoms with Crippen LogP contribution in [0.15, 0.2) is 4.76 Å². The molecular formula is C9H20N3O4P. The molecule has 8 heteroatoms. The maximum Gasteiger partial charge on any atom is 0.456 e. The fraction of sp³-hybridized carbons (Fsp3) is 0.889. The summed E-state index contributed by atoms with van der Waals surface area (Å²) in [6, 6.07) is 0. The Balaban J connectivity index is 2.83. The Labute approximate surface area is 102 Å². The molecule has 1 fully saturated rings. The molecule has 0 spiro atoms. The molecule has 100 valence electrons. The third-order valence-electron chi connectivity index (χ3n) is 2.57. The highest BCUT2D eigenvalue weighted by atomic mass is 31.2. The van der Waals surface area contributed by atoms with E-state index in [1.807, 2.05) is 16.8 Å². The van der Waals surface area contributed by atoms with Gasteiger partial charge in [0.25, 0.3) is 0 Å². The van der Waals surface area contributed by atoms with Crippen molar-refractivity contribution < 1.29 is 18.3 Å². The van der Waals surface area contributed by atoms with Crippen LogP contribution in [-0.4, -0.2) is 70.4 Å². The van der Waals surface area contributed by atoms with Crippen LogP contribution >= 0.6 is 7.75 Å². The lowest BCUT2D eigenvalue weighted by Crippen LogP contribution is -2.33. The Hall–Kier alpha value is -0.620. The lowest BCUT2D eigenvalue weighted by atomic mass is 10.5. The minimum atomic E-state index is -3.37. The van der Waals surface area contributed by atoms with Crippen LogP contribution in [0.3, 0.4) is 0 Å². The summed E-state index contributed by atoms with van der Waals surface area (Å²) < 4.78 is 30.7. The zero-order valence-electron chi connectivity index (χ0n) is 10.8. The average Bonchev–Trinajstić information content (AvgIpc) is 2.68. The zero-order valence-corrected chi connectivity index (χ0v) is 11.6. The molecule has 0 aliphatic carbocycles. The van der Waals surface area contributed by atoms with Gasteiger partial charge < -0.3 is 14.5 Å². The fourth-order valence-corrected chi connectivity index (χ4v) is 2.34. The SMILES string of the molecule is COCCN1CCN(C)/C1=N/P(=O)(OC)OC. The Morgan fingerprint density at radius 3 is 2.47 bits per heavy atom. The van der Waals surface area contributed by atoms with Crippen LogP contribution in [0.2, 0.25) is 0 Å². The van der Waals surface area contributed by atoms with Gasteiger partial charge >= 0.3 is 7.75 Å². The highest BCUT2D eigenvalue weighted by Crippen LogP contribution is 2.48. The number of rotatable bonds is 6. The smallest absolute Gasteiger partial charge is 0.383 e. The second-order valence-corrected chi connectivity index (χ2v) is 5.50. The van der Waals surface area contributed by atoms with Crippen LogP contribution in [0.5, 0.6) is 0 Å². The third kappa shape index (κ3) is 3.67. The Bertz CT molecular complexity index is 315. The summed E-state index contributed by atoms with van der Waals surface area (Å²) in [5.41, 5.74) is 0. The van der Waals surface area contributed by atoms with Gasteiger partial charge in [-0.3, -0.25) is 9.05 Å². The first kappa shape index (κ1) is 14.4. The first-order chi connectivity index (χ1) is 8.06. The molecule has 0 saturated carbocycles. The maximum absolute atomic E-state index is 12.0. The third-order valence-corrected chi connectivity index (χ3v) is 3.91. The highest BCUT2D eigenvalue weighted by Gasteiger charge is 2.29. The van der Waals surface area contributed by atoms with Gasteiger partial charge in [-0.1, -0.05) is 0 Å². The first-order valence-corrected chi connectivity index (χ1v) is 6.82. The molecule has 1 aliphatic rings. The largest absolute Gasteiger partial charge is 0.456 e. The molecule has 0 bridgehead atoms. The molecule has 0 atom stereocenters. The van der Waals surface area contributed by atoms with Gasteiger partial charge in [0.2, 0.25) is 5.96 Å². The number of hydrogen-bond donors (Lipinski definition) is 0. The number of methoxy groups -OCH3 is 1. The molecule has 17 heavy (non-hydrogen) atoms. The van der Waals surface area contributed by atoms with Crippen LogP contribution in [0.1, 0.15) is 0 Å². The second-order valence-electron chi connectivity index (χ2n) is 3.64. The predicted molar refractivity (Wildman–Crippen MR) is 65.1 cm³/mol. The van der Waals surface area contributed by atoms with E-state index in [2.05, 4.69) is 4.76 Å². The Kier molecular flexibility index (Phi) is 5.39. The first-order valence-electron chi connectivity index (χ1n) is 5.33. The fourth-order valence-electron chi connectivity index (χ4n) is 1.53. The number of hydrogen-bond acceptors (Lipinski definition) is 4. The molecule has 0 N–H and O–H groups in total. The van der Waals surface area contributed by atoms with E-state index in [-0.39, 0.29) is 0 Å². The van der Waals surface area contributed by atoms with Gasteiger partial charge in [-0.2, -0.15) is 0 Å². The van der Waals surface area contributed by atoms with Crippen molar-refractivity contribution in [3.63, 3.8) is 0 Å². The number of nitrogens with zero attached hydrogens (tertiary/aromatic N) is 3. The molecular weight excluding hydrogens is 245 g/mol. The molecule has 0 aromatic rings. The summed E-state index contributed by atoms with van der Waals surface area (Å²) in [6.45, 7) is 2.95. The summed E-state index contributed by atoms with van der Waals surface area (Å²) in [4.78, 5) is 3.91. The molecule has 1 rings (SSSR count). The molecule has 0 aromatic heterocycles. The van der Waals surface area contributed by atoms with Crippen LogP contribution in [0.25, 0.3) is 0 Å². The van der Waals surface area contributed by atoms with Gasteiger partial charge in [0.1, 0.15) is 0 Å². The van der Waals surface area contributed by atoms with E-state index in [1.165, 1.54) is 14.2 Å². The van der Waals surface area contributed by atoms with Crippen molar-refractivity contribution in [2.24, 2.45) is 4.76 Å². The Morgan fingerprint density at radius 2 is 1.94 bits per heavy atom. The van der Waals surface area contributed by atoms with Crippen molar-refractivity contribution >= 4 is 13.7 Å². The summed E-state index contributed by atoms with van der Waals surface area (Å²) in [7, 11) is 2.81. The topological polar surface area (TPSA) is 63.6 Å². The van der Waals surface area contributed by atoms with Gasteiger partial charge in [-0.15, -0.1) is 4.76 Å². The van der Waals surface area contributed by atoms with Crippen LogP contribution in [0.4, 0.5) is 0 Å². The molecule has 1 aliphatic heterocycles. The predicted octanol–water partition coefficient (Wildman–Crippen LogP) is 0.637. The van der Waals surface area contributed by atoms with Crippen molar-refractivity contribution in [2.75, 3.05) is 54.6 Å². The summed E-state index contributed by atoms with van der Waals surface area (Å²) in [5, 5.41) is 0. The van der Waals surface area contributed by atoms with Crippen LogP contribution in [-0.2, 0) is 18.3 Å². The maximum atomic E-state index is 12.0. The zero-order chi connectivity index (χ0) is 12.9. The van der Waals surface area contributed by atoms with Crippen molar-refractivity contribution in [3.05, 3.63) is 0 Å². The van der Waals surface area contributed by atoms with E-state index in [4.69, 9.17) is 13.8 Å². The van der Waals surface area contributed by atoms with Crippen LogP contribution < -0.4 is 0 Å². The highest BCUT2D eigenvalue weighted by molar-refractivity contribution is 7.52. The molecule has 0 radical (unpaired) electrons. The van der Waals surface area contributed by atoms with Crippen molar-refractivity contribution in [1.29, 1.82) is 0 Å². The summed E-state index contributed by atoms with van der Waals surface area (Å²) >= 11 is 0. The van der Waals surface area contributed by atoms with Crippen molar-refractivity contribution in [2.45, 2.75) is 0 Å². The quantitative estimate of drug-likeness (QED) is 0.657. The second kappa shape index (κ2) is 6.35. The summed E-state index contributed by atoms with van der Waals surface area (Å²) in [6.07, 6.45) is 0. The number of likely N-dealkylation sites (N-methyl/N-ethyl adjacent to an activating group) is 1. The van der Waals surface area contributed by atoms with E-state index < -0.39 is 7.75 Å². The van der Waals surface area contributed by atoms with E-state index in [0.717, 1.165) is 13.1 Å². The van der Waals surface area contributed by atoms with E-state index in [0.29, 0.717) is 19.1 Å². The van der Waals surface area contributed by atoms with E-state index >= 15 is 0 Å². The minimum Gasteiger partial charge on any atom is -0.383 e. The average molecular weight is 265 g/mol. The molecule has 1 heterocycles. The van der Waals surface area contributed by atoms with Gasteiger partial charge in [-0.05, 0) is 0 Å². The molecule has 0 amide bonds. The van der Waals surface area contributed by atoms with Gasteiger partial charge in [0.05, 0.1) is 6.61 Å². The van der Waals surface area contributed by atoms with Gasteiger partial charge in [-0.25, -0.2) is 4.57 Å². The van der Waals surface area contributed by atoms with E-state index in [1.54, 1.807) is 7.11 Å². The molecule has 0 unspecified atom stereocenters. The van der Waals surface area contributed by atoms with E-state index in [9.17, 15) is 4.57 Å². The number of ether oxygens (including phenoxy) is 1. The van der Waals surface area contributed by atoms with Gasteiger partial charge in [0, 0.05) is 48.0 Å². The van der Waals surface area contributed by atoms with Crippen molar-refractivity contribution in [3.8, 4) is 0 Å². The lowest BCUT2D eigenvalue weighted by Gasteiger charge is -2.21. The normalized spacial score (nSPS) is 19.4. The molecule has 7 nitrogen and oxygen atoms in total. The lowest BCUT2D eigenvalue weighted by molar-refractivity contribution is 0.179. The number of guanidine groups is 1. The van der Waals surface area contributed by atoms with Crippen molar-refractivity contribution in [1.82, 2.24) is 9.80 Å². The standard InChI is InChI=1S/C9H20N3O4P/c1-11-5-6-12(7-8-14-2)9(11)10-17(13,15-3)16-4/h5-8H2,1-4H3/b10-9-. The van der Waals surface area contributed by atoms with Gasteiger partial charge in [0.15, 0.2) is 0 Å². The van der Waals surface area contributed by atoms with Crippen LogP contribution in [0, 0.1) is 0 Å². The monoisotopic (exact) mass is 265 g/mol.